The van der Waals surface area contributed by atoms with Crippen LogP contribution in [0.3, 0.4) is 0 Å². The topological polar surface area (TPSA) is 80.8 Å². The fourth-order valence-electron chi connectivity index (χ4n) is 3.60. The Morgan fingerprint density at radius 1 is 1.08 bits per heavy atom. The molecule has 0 bridgehead atoms. The summed E-state index contributed by atoms with van der Waals surface area (Å²) in [7, 11) is 0. The van der Waals surface area contributed by atoms with Gasteiger partial charge in [-0.25, -0.2) is 4.98 Å². The number of aromatic nitrogens is 4. The highest BCUT2D eigenvalue weighted by Gasteiger charge is 2.18. The monoisotopic (exact) mass is 367 g/mol. The van der Waals surface area contributed by atoms with Gasteiger partial charge in [-0.05, 0) is 49.2 Å². The third kappa shape index (κ3) is 2.62. The Hall–Kier alpha value is -2.57. The molecule has 132 valence electrons. The zero-order valence-corrected chi connectivity index (χ0v) is 14.8. The van der Waals surface area contributed by atoms with Crippen LogP contribution in [0.4, 0.5) is 5.69 Å². The van der Waals surface area contributed by atoms with Crippen molar-refractivity contribution in [2.75, 3.05) is 18.0 Å². The molecule has 1 aliphatic heterocycles. The highest BCUT2D eigenvalue weighted by Crippen LogP contribution is 2.29. The van der Waals surface area contributed by atoms with Gasteiger partial charge < -0.3 is 15.0 Å². The number of benzene rings is 2. The van der Waals surface area contributed by atoms with E-state index in [2.05, 4.69) is 32.2 Å². The predicted octanol–water partition coefficient (Wildman–Crippen LogP) is 3.72. The number of hydrogen-bond acceptors (Lipinski definition) is 4. The first-order chi connectivity index (χ1) is 12.7. The lowest BCUT2D eigenvalue weighted by Crippen LogP contribution is -2.35. The first-order valence-electron chi connectivity index (χ1n) is 8.74. The van der Waals surface area contributed by atoms with Crippen molar-refractivity contribution >= 4 is 39.2 Å². The molecule has 3 heterocycles. The molecular weight excluding hydrogens is 350 g/mol. The van der Waals surface area contributed by atoms with Gasteiger partial charge in [-0.3, -0.25) is 5.10 Å². The van der Waals surface area contributed by atoms with Crippen molar-refractivity contribution in [1.29, 1.82) is 0 Å². The summed E-state index contributed by atoms with van der Waals surface area (Å²) in [5.74, 6) is 0.736. The second kappa shape index (κ2) is 6.00. The van der Waals surface area contributed by atoms with E-state index in [1.807, 2.05) is 24.3 Å². The Morgan fingerprint density at radius 2 is 1.92 bits per heavy atom. The Morgan fingerprint density at radius 3 is 2.77 bits per heavy atom. The number of halogens is 1. The van der Waals surface area contributed by atoms with Gasteiger partial charge in [-0.15, -0.1) is 0 Å². The molecule has 26 heavy (non-hydrogen) atoms. The van der Waals surface area contributed by atoms with Crippen LogP contribution in [0.25, 0.3) is 33.5 Å². The van der Waals surface area contributed by atoms with Crippen molar-refractivity contribution in [3.8, 4) is 11.5 Å². The van der Waals surface area contributed by atoms with Gasteiger partial charge in [0.05, 0.1) is 22.7 Å². The quantitative estimate of drug-likeness (QED) is 0.504. The van der Waals surface area contributed by atoms with Gasteiger partial charge in [0.15, 0.2) is 5.82 Å². The number of aliphatic hydroxyl groups is 1. The van der Waals surface area contributed by atoms with Crippen molar-refractivity contribution in [1.82, 2.24) is 20.2 Å². The van der Waals surface area contributed by atoms with Gasteiger partial charge in [0, 0.05) is 29.2 Å². The molecule has 0 saturated carbocycles. The van der Waals surface area contributed by atoms with Crippen LogP contribution in [0.15, 0.2) is 36.4 Å². The number of imidazole rings is 1. The average Bonchev–Trinajstić information content (AvgIpc) is 3.24. The molecule has 5 rings (SSSR count). The molecule has 1 aliphatic rings. The number of fused-ring (bicyclic) bond motifs is 2. The molecule has 0 atom stereocenters. The summed E-state index contributed by atoms with van der Waals surface area (Å²) in [6, 6.07) is 11.9. The van der Waals surface area contributed by atoms with Crippen LogP contribution in [0.5, 0.6) is 0 Å². The maximum Gasteiger partial charge on any atom is 0.159 e. The fraction of sp³-hybridized carbons (Fsp3) is 0.263. The van der Waals surface area contributed by atoms with Gasteiger partial charge in [-0.2, -0.15) is 5.10 Å². The number of piperidine rings is 1. The number of aromatic amines is 2. The molecule has 0 unspecified atom stereocenters. The van der Waals surface area contributed by atoms with E-state index >= 15 is 0 Å². The van der Waals surface area contributed by atoms with E-state index in [0.717, 1.165) is 65.1 Å². The molecule has 2 aromatic heterocycles. The Labute approximate surface area is 154 Å². The number of nitrogens with one attached hydrogen (secondary N) is 2. The molecule has 0 aliphatic carbocycles. The molecule has 3 N–H and O–H groups in total. The van der Waals surface area contributed by atoms with Crippen molar-refractivity contribution in [3.63, 3.8) is 0 Å². The second-order valence-electron chi connectivity index (χ2n) is 6.77. The number of H-pyrrole nitrogens is 2. The smallest absolute Gasteiger partial charge is 0.159 e. The van der Waals surface area contributed by atoms with E-state index in [0.29, 0.717) is 5.02 Å². The average molecular weight is 368 g/mol. The second-order valence-corrected chi connectivity index (χ2v) is 7.20. The minimum atomic E-state index is -0.171. The summed E-state index contributed by atoms with van der Waals surface area (Å²) < 4.78 is 0. The summed E-state index contributed by atoms with van der Waals surface area (Å²) in [5.41, 5.74) is 4.72. The summed E-state index contributed by atoms with van der Waals surface area (Å²) in [5, 5.41) is 18.8. The van der Waals surface area contributed by atoms with E-state index in [-0.39, 0.29) is 6.10 Å². The number of hydrogen-bond donors (Lipinski definition) is 3. The molecule has 0 amide bonds. The third-order valence-electron chi connectivity index (χ3n) is 5.04. The molecule has 2 aromatic carbocycles. The molecule has 0 radical (unpaired) electrons. The van der Waals surface area contributed by atoms with E-state index < -0.39 is 0 Å². The summed E-state index contributed by atoms with van der Waals surface area (Å²) in [6.45, 7) is 1.75. The van der Waals surface area contributed by atoms with Crippen LogP contribution >= 0.6 is 11.6 Å². The van der Waals surface area contributed by atoms with Gasteiger partial charge in [0.2, 0.25) is 0 Å². The van der Waals surface area contributed by atoms with Gasteiger partial charge in [0.25, 0.3) is 0 Å². The Bertz CT molecular complexity index is 1090. The lowest BCUT2D eigenvalue weighted by atomic mass is 10.1. The van der Waals surface area contributed by atoms with E-state index in [9.17, 15) is 5.11 Å². The molecule has 0 spiro atoms. The third-order valence-corrected chi connectivity index (χ3v) is 5.28. The molecular formula is C19H18ClN5O. The van der Waals surface area contributed by atoms with E-state index in [1.165, 1.54) is 0 Å². The van der Waals surface area contributed by atoms with E-state index in [4.69, 9.17) is 16.6 Å². The lowest BCUT2D eigenvalue weighted by Gasteiger charge is -2.31. The summed E-state index contributed by atoms with van der Waals surface area (Å²) in [6.07, 6.45) is 1.46. The Kier molecular flexibility index (Phi) is 3.62. The fourth-order valence-corrected chi connectivity index (χ4v) is 3.77. The normalized spacial score (nSPS) is 16.0. The molecule has 1 fully saturated rings. The minimum Gasteiger partial charge on any atom is -0.393 e. The van der Waals surface area contributed by atoms with Gasteiger partial charge in [-0.1, -0.05) is 11.6 Å². The van der Waals surface area contributed by atoms with Crippen LogP contribution in [0.2, 0.25) is 5.02 Å². The number of aliphatic hydroxyl groups excluding tert-OH is 1. The van der Waals surface area contributed by atoms with Crippen LogP contribution < -0.4 is 4.90 Å². The first-order valence-corrected chi connectivity index (χ1v) is 9.12. The number of nitrogens with zero attached hydrogens (tertiary/aromatic N) is 3. The SMILES string of the molecule is OC1CCN(c2ccc3nc(-c4n[nH]c5cc(Cl)ccc45)[nH]c3c2)CC1. The molecule has 7 heteroatoms. The van der Waals surface area contributed by atoms with Crippen molar-refractivity contribution in [3.05, 3.63) is 41.4 Å². The van der Waals surface area contributed by atoms with Gasteiger partial charge in [0.1, 0.15) is 5.69 Å². The highest BCUT2D eigenvalue weighted by atomic mass is 35.5. The van der Waals surface area contributed by atoms with Crippen LogP contribution in [-0.2, 0) is 0 Å². The Balaban J connectivity index is 1.53. The minimum absolute atomic E-state index is 0.171. The summed E-state index contributed by atoms with van der Waals surface area (Å²) in [4.78, 5) is 10.4. The predicted molar refractivity (Wildman–Crippen MR) is 104 cm³/mol. The molecule has 6 nitrogen and oxygen atoms in total. The maximum atomic E-state index is 9.70. The first kappa shape index (κ1) is 15.7. The zero-order chi connectivity index (χ0) is 17.7. The standard InChI is InChI=1S/C19H18ClN5O/c20-11-1-3-14-16(9-11)23-24-18(14)19-21-15-4-2-12(10-17(15)22-19)25-7-5-13(26)6-8-25/h1-4,9-10,13,26H,5-8H2,(H,21,22)(H,23,24). The largest absolute Gasteiger partial charge is 0.393 e. The number of anilines is 1. The maximum absolute atomic E-state index is 9.70. The zero-order valence-electron chi connectivity index (χ0n) is 14.0. The van der Waals surface area contributed by atoms with E-state index in [1.54, 1.807) is 0 Å². The van der Waals surface area contributed by atoms with Crippen molar-refractivity contribution < 1.29 is 5.11 Å². The van der Waals surface area contributed by atoms with Gasteiger partial charge >= 0.3 is 0 Å². The highest BCUT2D eigenvalue weighted by molar-refractivity contribution is 6.31. The summed E-state index contributed by atoms with van der Waals surface area (Å²) >= 11 is 6.05. The molecule has 4 aromatic rings. The number of rotatable bonds is 2. The lowest BCUT2D eigenvalue weighted by molar-refractivity contribution is 0.145. The van der Waals surface area contributed by atoms with Crippen LogP contribution in [0, 0.1) is 0 Å². The molecule has 1 saturated heterocycles. The van der Waals surface area contributed by atoms with Crippen molar-refractivity contribution in [2.24, 2.45) is 0 Å². The van der Waals surface area contributed by atoms with Crippen LogP contribution in [0.1, 0.15) is 12.8 Å². The van der Waals surface area contributed by atoms with Crippen molar-refractivity contribution in [2.45, 2.75) is 18.9 Å². The van der Waals surface area contributed by atoms with Crippen LogP contribution in [-0.4, -0.2) is 44.5 Å².